The predicted octanol–water partition coefficient (Wildman–Crippen LogP) is 6.46. The maximum atomic E-state index is 6.20. The van der Waals surface area contributed by atoms with Crippen molar-refractivity contribution in [2.75, 3.05) is 0 Å². The summed E-state index contributed by atoms with van der Waals surface area (Å²) in [5.41, 5.74) is 9.26. The first-order valence-electron chi connectivity index (χ1n) is 7.68. The van der Waals surface area contributed by atoms with Crippen LogP contribution in [0.15, 0.2) is 83.9 Å². The lowest BCUT2D eigenvalue weighted by Crippen LogP contribution is -2.10. The number of benzene rings is 3. The van der Waals surface area contributed by atoms with Crippen molar-refractivity contribution in [3.63, 3.8) is 0 Å². The average Bonchev–Trinajstić information content (AvgIpc) is 2.63. The van der Waals surface area contributed by atoms with E-state index in [9.17, 15) is 0 Å². The van der Waals surface area contributed by atoms with Gasteiger partial charge in [-0.25, -0.2) is 4.99 Å². The SMILES string of the molecule is NC(=Nc1ccc(Cl)cc1)S[C@H](c1ccccc1)c1ccc(Cl)cc1. The molecule has 0 fully saturated rings. The fraction of sp³-hybridized carbons (Fsp3) is 0.0500. The highest BCUT2D eigenvalue weighted by atomic mass is 35.5. The van der Waals surface area contributed by atoms with Crippen LogP contribution >= 0.6 is 35.0 Å². The van der Waals surface area contributed by atoms with Crippen molar-refractivity contribution in [2.45, 2.75) is 5.25 Å². The van der Waals surface area contributed by atoms with E-state index in [2.05, 4.69) is 17.1 Å². The topological polar surface area (TPSA) is 38.4 Å². The van der Waals surface area contributed by atoms with Crippen LogP contribution in [0.1, 0.15) is 16.4 Å². The lowest BCUT2D eigenvalue weighted by molar-refractivity contribution is 1.16. The molecule has 0 aromatic heterocycles. The predicted molar refractivity (Wildman–Crippen MR) is 110 cm³/mol. The summed E-state index contributed by atoms with van der Waals surface area (Å²) in [5, 5.41) is 1.91. The molecule has 0 aliphatic carbocycles. The summed E-state index contributed by atoms with van der Waals surface area (Å²) in [4.78, 5) is 4.48. The van der Waals surface area contributed by atoms with Gasteiger partial charge in [-0.3, -0.25) is 0 Å². The Balaban J connectivity index is 1.89. The van der Waals surface area contributed by atoms with Crippen molar-refractivity contribution >= 4 is 45.8 Å². The largest absolute Gasteiger partial charge is 0.378 e. The number of nitrogens with zero attached hydrogens (tertiary/aromatic N) is 1. The van der Waals surface area contributed by atoms with Crippen LogP contribution in [0, 0.1) is 0 Å². The number of thioether (sulfide) groups is 1. The van der Waals surface area contributed by atoms with Gasteiger partial charge in [-0.1, -0.05) is 77.4 Å². The summed E-state index contributed by atoms with van der Waals surface area (Å²) in [7, 11) is 0. The zero-order valence-corrected chi connectivity index (χ0v) is 15.6. The number of hydrogen-bond donors (Lipinski definition) is 1. The van der Waals surface area contributed by atoms with Gasteiger partial charge in [0.15, 0.2) is 5.17 Å². The molecule has 126 valence electrons. The lowest BCUT2D eigenvalue weighted by atomic mass is 10.0. The molecule has 2 nitrogen and oxygen atoms in total. The Hall–Kier alpha value is -1.94. The van der Waals surface area contributed by atoms with E-state index in [4.69, 9.17) is 28.9 Å². The van der Waals surface area contributed by atoms with E-state index >= 15 is 0 Å². The minimum Gasteiger partial charge on any atom is -0.378 e. The van der Waals surface area contributed by atoms with E-state index in [1.165, 1.54) is 11.8 Å². The van der Waals surface area contributed by atoms with Crippen LogP contribution in [0.3, 0.4) is 0 Å². The summed E-state index contributed by atoms with van der Waals surface area (Å²) in [6, 6.07) is 25.3. The Labute approximate surface area is 161 Å². The number of hydrogen-bond acceptors (Lipinski definition) is 2. The number of nitrogens with two attached hydrogens (primary N) is 1. The molecule has 0 saturated carbocycles. The highest BCUT2D eigenvalue weighted by molar-refractivity contribution is 8.14. The Morgan fingerprint density at radius 3 is 1.88 bits per heavy atom. The second-order valence-corrected chi connectivity index (χ2v) is 7.38. The third-order valence-corrected chi connectivity index (χ3v) is 5.20. The summed E-state index contributed by atoms with van der Waals surface area (Å²) in [6.45, 7) is 0. The smallest absolute Gasteiger partial charge is 0.160 e. The van der Waals surface area contributed by atoms with E-state index in [1.54, 1.807) is 12.1 Å². The molecule has 0 saturated heterocycles. The first kappa shape index (κ1) is 17.9. The highest BCUT2D eigenvalue weighted by Gasteiger charge is 2.16. The van der Waals surface area contributed by atoms with Crippen LogP contribution < -0.4 is 5.73 Å². The van der Waals surface area contributed by atoms with Crippen LogP contribution in [-0.2, 0) is 0 Å². The van der Waals surface area contributed by atoms with E-state index in [0.29, 0.717) is 15.2 Å². The van der Waals surface area contributed by atoms with Gasteiger partial charge >= 0.3 is 0 Å². The van der Waals surface area contributed by atoms with Gasteiger partial charge in [0, 0.05) is 10.0 Å². The van der Waals surface area contributed by atoms with E-state index in [1.807, 2.05) is 54.6 Å². The second-order valence-electron chi connectivity index (χ2n) is 5.39. The van der Waals surface area contributed by atoms with Gasteiger partial charge in [0.1, 0.15) is 0 Å². The molecule has 0 spiro atoms. The zero-order valence-electron chi connectivity index (χ0n) is 13.3. The molecule has 0 aliphatic heterocycles. The molecule has 0 radical (unpaired) electrons. The summed E-state index contributed by atoms with van der Waals surface area (Å²) < 4.78 is 0. The van der Waals surface area contributed by atoms with E-state index in [-0.39, 0.29) is 5.25 Å². The Kier molecular flexibility index (Phi) is 6.03. The summed E-state index contributed by atoms with van der Waals surface area (Å²) >= 11 is 13.4. The number of rotatable bonds is 4. The van der Waals surface area contributed by atoms with Crippen molar-refractivity contribution < 1.29 is 0 Å². The van der Waals surface area contributed by atoms with Crippen molar-refractivity contribution in [1.82, 2.24) is 0 Å². The number of halogens is 2. The van der Waals surface area contributed by atoms with Gasteiger partial charge in [0.2, 0.25) is 0 Å². The first-order chi connectivity index (χ1) is 12.1. The molecular formula is C20H16Cl2N2S. The summed E-state index contributed by atoms with van der Waals surface area (Å²) in [6.07, 6.45) is 0. The van der Waals surface area contributed by atoms with Crippen molar-refractivity contribution in [3.8, 4) is 0 Å². The molecule has 1 atom stereocenters. The van der Waals surface area contributed by atoms with Crippen LogP contribution in [0.25, 0.3) is 0 Å². The van der Waals surface area contributed by atoms with Gasteiger partial charge in [-0.2, -0.15) is 0 Å². The van der Waals surface area contributed by atoms with Crippen LogP contribution in [0.5, 0.6) is 0 Å². The average molecular weight is 387 g/mol. The maximum absolute atomic E-state index is 6.20. The fourth-order valence-electron chi connectivity index (χ4n) is 2.38. The van der Waals surface area contributed by atoms with Crippen LogP contribution in [-0.4, -0.2) is 5.17 Å². The van der Waals surface area contributed by atoms with Gasteiger partial charge in [0.25, 0.3) is 0 Å². The molecule has 3 aromatic rings. The molecule has 0 amide bonds. The molecule has 0 heterocycles. The molecule has 0 unspecified atom stereocenters. The van der Waals surface area contributed by atoms with Gasteiger partial charge in [-0.05, 0) is 47.5 Å². The zero-order chi connectivity index (χ0) is 17.6. The van der Waals surface area contributed by atoms with Gasteiger partial charge < -0.3 is 5.73 Å². The minimum absolute atomic E-state index is 0.0366. The fourth-order valence-corrected chi connectivity index (χ4v) is 3.62. The molecule has 25 heavy (non-hydrogen) atoms. The van der Waals surface area contributed by atoms with Crippen LogP contribution in [0.2, 0.25) is 10.0 Å². The van der Waals surface area contributed by atoms with E-state index < -0.39 is 0 Å². The Morgan fingerprint density at radius 1 is 0.760 bits per heavy atom. The monoisotopic (exact) mass is 386 g/mol. The van der Waals surface area contributed by atoms with Crippen LogP contribution in [0.4, 0.5) is 5.69 Å². The van der Waals surface area contributed by atoms with Crippen molar-refractivity contribution in [1.29, 1.82) is 0 Å². The summed E-state index contributed by atoms with van der Waals surface area (Å²) in [5.74, 6) is 0. The molecule has 5 heteroatoms. The minimum atomic E-state index is 0.0366. The molecule has 3 aromatic carbocycles. The van der Waals surface area contributed by atoms with Gasteiger partial charge in [0.05, 0.1) is 10.9 Å². The van der Waals surface area contributed by atoms with E-state index in [0.717, 1.165) is 16.8 Å². The standard InChI is InChI=1S/C20H16Cl2N2S/c21-16-8-6-15(7-9-16)19(14-4-2-1-3-5-14)25-20(23)24-18-12-10-17(22)11-13-18/h1-13,19H,(H2,23,24)/t19-/m1/s1. The lowest BCUT2D eigenvalue weighted by Gasteiger charge is -2.17. The number of amidine groups is 1. The molecule has 0 bridgehead atoms. The quantitative estimate of drug-likeness (QED) is 0.412. The van der Waals surface area contributed by atoms with Gasteiger partial charge in [-0.15, -0.1) is 0 Å². The molecule has 0 aliphatic rings. The third-order valence-electron chi connectivity index (χ3n) is 3.58. The number of aliphatic imine (C=N–C) groups is 1. The molecule has 2 N–H and O–H groups in total. The molecule has 3 rings (SSSR count). The maximum Gasteiger partial charge on any atom is 0.160 e. The molecular weight excluding hydrogens is 371 g/mol. The van der Waals surface area contributed by atoms with Crippen molar-refractivity contribution in [3.05, 3.63) is 100 Å². The Bertz CT molecular complexity index is 847. The Morgan fingerprint density at radius 2 is 1.28 bits per heavy atom. The second kappa shape index (κ2) is 8.43. The first-order valence-corrected chi connectivity index (χ1v) is 9.32. The third kappa shape index (κ3) is 5.02. The van der Waals surface area contributed by atoms with Crippen molar-refractivity contribution in [2.24, 2.45) is 10.7 Å². The highest BCUT2D eigenvalue weighted by Crippen LogP contribution is 2.36. The normalized spacial score (nSPS) is 12.8.